The molecule has 0 saturated heterocycles. The number of benzene rings is 1. The molecule has 4 nitrogen and oxygen atoms in total. The van der Waals surface area contributed by atoms with Crippen LogP contribution in [0, 0.1) is 19.7 Å². The van der Waals surface area contributed by atoms with Crippen LogP contribution in [0.1, 0.15) is 35.5 Å². The monoisotopic (exact) mass is 354 g/mol. The molecule has 6 heteroatoms. The first-order valence-corrected chi connectivity index (χ1v) is 7.71. The fourth-order valence-electron chi connectivity index (χ4n) is 2.36. The highest BCUT2D eigenvalue weighted by atomic mass is 79.9. The largest absolute Gasteiger partial charge is 0.271 e. The molecular formula is C15H20BrFN4. The molecule has 0 aliphatic rings. The maximum atomic E-state index is 13.7. The second-order valence-electron chi connectivity index (χ2n) is 5.09. The van der Waals surface area contributed by atoms with Crippen LogP contribution in [0.25, 0.3) is 0 Å². The molecule has 2 rings (SSSR count). The van der Waals surface area contributed by atoms with Gasteiger partial charge in [0.15, 0.2) is 0 Å². The Kier molecular flexibility index (Phi) is 5.13. The number of nitrogens with two attached hydrogens (primary N) is 1. The number of aromatic nitrogens is 2. The van der Waals surface area contributed by atoms with Crippen molar-refractivity contribution in [3.8, 4) is 0 Å². The lowest BCUT2D eigenvalue weighted by Crippen LogP contribution is -2.30. The molecule has 0 aliphatic carbocycles. The molecule has 114 valence electrons. The zero-order valence-electron chi connectivity index (χ0n) is 12.5. The zero-order chi connectivity index (χ0) is 15.6. The quantitative estimate of drug-likeness (QED) is 0.640. The molecule has 1 aromatic carbocycles. The summed E-state index contributed by atoms with van der Waals surface area (Å²) in [5, 5.41) is 4.47. The molecule has 21 heavy (non-hydrogen) atoms. The first-order valence-electron chi connectivity index (χ1n) is 6.91. The number of hydrazine groups is 1. The summed E-state index contributed by atoms with van der Waals surface area (Å²) in [6.45, 7) is 6.52. The fraction of sp³-hybridized carbons (Fsp3) is 0.400. The van der Waals surface area contributed by atoms with Crippen molar-refractivity contribution in [3.05, 3.63) is 51.0 Å². The fourth-order valence-corrected chi connectivity index (χ4v) is 2.80. The Morgan fingerprint density at radius 2 is 2.14 bits per heavy atom. The van der Waals surface area contributed by atoms with Crippen molar-refractivity contribution >= 4 is 15.9 Å². The van der Waals surface area contributed by atoms with Crippen LogP contribution in [-0.2, 0) is 13.0 Å². The van der Waals surface area contributed by atoms with Gasteiger partial charge in [0.2, 0.25) is 0 Å². The van der Waals surface area contributed by atoms with Gasteiger partial charge in [-0.15, -0.1) is 0 Å². The van der Waals surface area contributed by atoms with Crippen LogP contribution in [0.3, 0.4) is 0 Å². The van der Waals surface area contributed by atoms with E-state index in [0.717, 1.165) is 28.0 Å². The van der Waals surface area contributed by atoms with Crippen LogP contribution in [0.5, 0.6) is 0 Å². The van der Waals surface area contributed by atoms with Gasteiger partial charge in [-0.2, -0.15) is 5.10 Å². The highest BCUT2D eigenvalue weighted by Gasteiger charge is 2.19. The van der Waals surface area contributed by atoms with Gasteiger partial charge in [0.25, 0.3) is 0 Å². The minimum absolute atomic E-state index is 0.169. The van der Waals surface area contributed by atoms with Crippen molar-refractivity contribution in [2.75, 3.05) is 0 Å². The van der Waals surface area contributed by atoms with E-state index in [1.807, 2.05) is 24.6 Å². The molecule has 0 saturated carbocycles. The van der Waals surface area contributed by atoms with Gasteiger partial charge in [0, 0.05) is 13.0 Å². The third-order valence-corrected chi connectivity index (χ3v) is 4.68. The molecule has 1 atom stereocenters. The molecule has 0 spiro atoms. The van der Waals surface area contributed by atoms with Crippen molar-refractivity contribution in [1.82, 2.24) is 15.2 Å². The molecule has 1 unspecified atom stereocenters. The number of nitrogens with zero attached hydrogens (tertiary/aromatic N) is 2. The summed E-state index contributed by atoms with van der Waals surface area (Å²) < 4.78 is 16.7. The lowest BCUT2D eigenvalue weighted by atomic mass is 10.0. The number of aryl methyl sites for hydroxylation is 3. The summed E-state index contributed by atoms with van der Waals surface area (Å²) in [6.07, 6.45) is 0.633. The summed E-state index contributed by atoms with van der Waals surface area (Å²) in [7, 11) is 0. The van der Waals surface area contributed by atoms with Crippen molar-refractivity contribution < 1.29 is 4.39 Å². The van der Waals surface area contributed by atoms with E-state index < -0.39 is 0 Å². The molecule has 0 amide bonds. The minimum atomic E-state index is -0.216. The zero-order valence-corrected chi connectivity index (χ0v) is 14.0. The van der Waals surface area contributed by atoms with Crippen LogP contribution in [-0.4, -0.2) is 9.78 Å². The van der Waals surface area contributed by atoms with Crippen LogP contribution in [0.4, 0.5) is 4.39 Å². The van der Waals surface area contributed by atoms with Gasteiger partial charge in [-0.3, -0.25) is 16.0 Å². The van der Waals surface area contributed by atoms with Gasteiger partial charge in [-0.25, -0.2) is 4.39 Å². The maximum absolute atomic E-state index is 13.7. The lowest BCUT2D eigenvalue weighted by Gasteiger charge is -2.18. The van der Waals surface area contributed by atoms with E-state index in [4.69, 9.17) is 5.84 Å². The molecule has 1 heterocycles. The molecule has 0 radical (unpaired) electrons. The molecule has 0 aliphatic heterocycles. The van der Waals surface area contributed by atoms with Crippen molar-refractivity contribution in [2.24, 2.45) is 5.84 Å². The third-order valence-electron chi connectivity index (χ3n) is 3.65. The number of halogens is 2. The number of nitrogens with one attached hydrogen (secondary N) is 1. The normalized spacial score (nSPS) is 12.7. The second-order valence-corrected chi connectivity index (χ2v) is 5.89. The van der Waals surface area contributed by atoms with Gasteiger partial charge >= 0.3 is 0 Å². The maximum Gasteiger partial charge on any atom is 0.126 e. The number of hydrogen-bond donors (Lipinski definition) is 2. The summed E-state index contributed by atoms with van der Waals surface area (Å²) >= 11 is 3.57. The van der Waals surface area contributed by atoms with Gasteiger partial charge in [0.1, 0.15) is 5.82 Å². The summed E-state index contributed by atoms with van der Waals surface area (Å²) in [5.74, 6) is 5.46. The Balaban J connectivity index is 2.33. The lowest BCUT2D eigenvalue weighted by molar-refractivity contribution is 0.511. The highest BCUT2D eigenvalue weighted by molar-refractivity contribution is 9.10. The van der Waals surface area contributed by atoms with Crippen LogP contribution < -0.4 is 11.3 Å². The Morgan fingerprint density at radius 1 is 1.43 bits per heavy atom. The molecule has 3 N–H and O–H groups in total. The Bertz CT molecular complexity index is 639. The van der Waals surface area contributed by atoms with Crippen LogP contribution in [0.2, 0.25) is 0 Å². The Morgan fingerprint density at radius 3 is 2.71 bits per heavy atom. The first kappa shape index (κ1) is 16.1. The van der Waals surface area contributed by atoms with Gasteiger partial charge < -0.3 is 0 Å². The average molecular weight is 355 g/mol. The van der Waals surface area contributed by atoms with E-state index in [9.17, 15) is 4.39 Å². The Labute approximate surface area is 132 Å². The van der Waals surface area contributed by atoms with Crippen molar-refractivity contribution in [2.45, 2.75) is 39.8 Å². The topological polar surface area (TPSA) is 55.9 Å². The summed E-state index contributed by atoms with van der Waals surface area (Å²) in [6, 6.07) is 5.04. The second kappa shape index (κ2) is 6.68. The number of rotatable bonds is 5. The van der Waals surface area contributed by atoms with Gasteiger partial charge in [-0.05, 0) is 53.9 Å². The Hall–Kier alpha value is -1.24. The van der Waals surface area contributed by atoms with Crippen LogP contribution in [0.15, 0.2) is 22.7 Å². The summed E-state index contributed by atoms with van der Waals surface area (Å²) in [4.78, 5) is 0. The molecule has 1 aromatic heterocycles. The molecular weight excluding hydrogens is 335 g/mol. The first-order chi connectivity index (χ1) is 9.97. The van der Waals surface area contributed by atoms with Gasteiger partial charge in [-0.1, -0.05) is 12.1 Å². The standard InChI is InChI=1S/C15H20BrFN4/c1-4-21-14(15(16)10(3)20-21)8-13(19-18)11-6-5-9(2)12(17)7-11/h5-7,13,19H,4,8,18H2,1-3H3. The molecule has 2 aromatic rings. The smallest absolute Gasteiger partial charge is 0.126 e. The predicted molar refractivity (Wildman–Crippen MR) is 85.2 cm³/mol. The molecule has 0 fully saturated rings. The van der Waals surface area contributed by atoms with E-state index in [0.29, 0.717) is 12.0 Å². The van der Waals surface area contributed by atoms with Crippen molar-refractivity contribution in [1.29, 1.82) is 0 Å². The van der Waals surface area contributed by atoms with E-state index in [1.54, 1.807) is 13.0 Å². The SMILES string of the molecule is CCn1nc(C)c(Br)c1CC(NN)c1ccc(C)c(F)c1. The summed E-state index contributed by atoms with van der Waals surface area (Å²) in [5.41, 5.74) is 6.23. The predicted octanol–water partition coefficient (Wildman–Crippen LogP) is 3.17. The minimum Gasteiger partial charge on any atom is -0.271 e. The van der Waals surface area contributed by atoms with E-state index in [-0.39, 0.29) is 11.9 Å². The average Bonchev–Trinajstić information content (AvgIpc) is 2.75. The molecule has 0 bridgehead atoms. The van der Waals surface area contributed by atoms with E-state index in [2.05, 4.69) is 26.5 Å². The third kappa shape index (κ3) is 3.33. The number of hydrogen-bond acceptors (Lipinski definition) is 3. The van der Waals surface area contributed by atoms with E-state index in [1.165, 1.54) is 6.07 Å². The van der Waals surface area contributed by atoms with Gasteiger partial charge in [0.05, 0.1) is 21.9 Å². The highest BCUT2D eigenvalue weighted by Crippen LogP contribution is 2.27. The van der Waals surface area contributed by atoms with Crippen LogP contribution >= 0.6 is 15.9 Å². The van der Waals surface area contributed by atoms with Crippen molar-refractivity contribution in [3.63, 3.8) is 0 Å². The van der Waals surface area contributed by atoms with E-state index >= 15 is 0 Å².